The van der Waals surface area contributed by atoms with Gasteiger partial charge < -0.3 is 10.0 Å². The fourth-order valence-electron chi connectivity index (χ4n) is 3.05. The molecule has 0 aliphatic carbocycles. The summed E-state index contributed by atoms with van der Waals surface area (Å²) in [4.78, 5) is 29.2. The van der Waals surface area contributed by atoms with Crippen LogP contribution in [0.15, 0.2) is 0 Å². The number of nitrogens with zero attached hydrogens (tertiary/aromatic N) is 3. The Balaban J connectivity index is 0.00000484. The smallest absolute Gasteiger partial charge is 0.317 e. The van der Waals surface area contributed by atoms with E-state index in [1.165, 1.54) is 0 Å². The van der Waals surface area contributed by atoms with E-state index in [1.807, 2.05) is 16.8 Å². The molecule has 0 radical (unpaired) electrons. The molecule has 23 heavy (non-hydrogen) atoms. The summed E-state index contributed by atoms with van der Waals surface area (Å²) < 4.78 is 0. The Morgan fingerprint density at radius 3 is 2.09 bits per heavy atom. The van der Waals surface area contributed by atoms with Crippen LogP contribution in [0.2, 0.25) is 0 Å². The molecule has 0 aromatic rings. The van der Waals surface area contributed by atoms with Crippen LogP contribution in [0.3, 0.4) is 0 Å². The van der Waals surface area contributed by atoms with Crippen molar-refractivity contribution in [2.24, 2.45) is 0 Å². The summed E-state index contributed by atoms with van der Waals surface area (Å²) in [6, 6.07) is 0.310. The molecule has 1 N–H and O–H groups in total. The van der Waals surface area contributed by atoms with E-state index >= 15 is 0 Å². The van der Waals surface area contributed by atoms with Crippen LogP contribution in [-0.2, 0) is 9.59 Å². The lowest BCUT2D eigenvalue weighted by Crippen LogP contribution is -2.48. The lowest BCUT2D eigenvalue weighted by molar-refractivity contribution is -0.138. The van der Waals surface area contributed by atoms with Crippen molar-refractivity contribution in [2.45, 2.75) is 45.6 Å². The standard InChI is InChI=1S/C16H31N3O3.ClH/c1-4-8-19(9-5-2)15(20)12-18-10-6-14(7-11-18)17(3)13-16(21)22;/h14H,4-13H2,1-3H3,(H,21,22);1H. The predicted molar refractivity (Wildman–Crippen MR) is 94.1 cm³/mol. The van der Waals surface area contributed by atoms with Gasteiger partial charge in [-0.3, -0.25) is 19.4 Å². The van der Waals surface area contributed by atoms with Gasteiger partial charge in [0.25, 0.3) is 0 Å². The summed E-state index contributed by atoms with van der Waals surface area (Å²) in [5.41, 5.74) is 0. The third-order valence-corrected chi connectivity index (χ3v) is 4.26. The fourth-order valence-corrected chi connectivity index (χ4v) is 3.05. The minimum Gasteiger partial charge on any atom is -0.480 e. The minimum absolute atomic E-state index is 0. The molecule has 1 aliphatic rings. The van der Waals surface area contributed by atoms with Crippen LogP contribution < -0.4 is 0 Å². The summed E-state index contributed by atoms with van der Waals surface area (Å²) in [7, 11) is 1.86. The normalized spacial score (nSPS) is 16.2. The van der Waals surface area contributed by atoms with Gasteiger partial charge >= 0.3 is 5.97 Å². The molecule has 1 fully saturated rings. The highest BCUT2D eigenvalue weighted by molar-refractivity contribution is 5.85. The van der Waals surface area contributed by atoms with Crippen molar-refractivity contribution >= 4 is 24.3 Å². The molecule has 0 saturated carbocycles. The van der Waals surface area contributed by atoms with Crippen molar-refractivity contribution in [2.75, 3.05) is 46.3 Å². The molecule has 1 amide bonds. The Bertz CT molecular complexity index is 354. The number of rotatable bonds is 9. The molecule has 136 valence electrons. The molecule has 1 heterocycles. The van der Waals surface area contributed by atoms with Gasteiger partial charge in [0.15, 0.2) is 0 Å². The maximum atomic E-state index is 12.3. The monoisotopic (exact) mass is 349 g/mol. The van der Waals surface area contributed by atoms with Gasteiger partial charge in [-0.15, -0.1) is 12.4 Å². The SMILES string of the molecule is CCCN(CCC)C(=O)CN1CCC(N(C)CC(=O)O)CC1.Cl. The second kappa shape index (κ2) is 11.6. The number of amides is 1. The van der Waals surface area contributed by atoms with E-state index in [0.29, 0.717) is 12.6 Å². The van der Waals surface area contributed by atoms with E-state index in [4.69, 9.17) is 5.11 Å². The van der Waals surface area contributed by atoms with Crippen LogP contribution in [0, 0.1) is 0 Å². The average molecular weight is 350 g/mol. The molecule has 1 aliphatic heterocycles. The van der Waals surface area contributed by atoms with Crippen molar-refractivity contribution < 1.29 is 14.7 Å². The first kappa shape index (κ1) is 22.1. The van der Waals surface area contributed by atoms with Gasteiger partial charge in [-0.1, -0.05) is 13.8 Å². The molecule has 1 rings (SSSR count). The fraction of sp³-hybridized carbons (Fsp3) is 0.875. The number of piperidine rings is 1. The molecule has 0 aromatic carbocycles. The van der Waals surface area contributed by atoms with E-state index in [0.717, 1.165) is 51.9 Å². The molecule has 6 nitrogen and oxygen atoms in total. The molecule has 7 heteroatoms. The number of carboxylic acid groups (broad SMARTS) is 1. The van der Waals surface area contributed by atoms with Crippen molar-refractivity contribution in [1.29, 1.82) is 0 Å². The van der Waals surface area contributed by atoms with Gasteiger partial charge in [0.2, 0.25) is 5.91 Å². The second-order valence-corrected chi connectivity index (χ2v) is 6.20. The Labute approximate surface area is 146 Å². The Kier molecular flexibility index (Phi) is 11.2. The molecular weight excluding hydrogens is 318 g/mol. The van der Waals surface area contributed by atoms with Gasteiger partial charge in [-0.25, -0.2) is 0 Å². The zero-order chi connectivity index (χ0) is 16.5. The summed E-state index contributed by atoms with van der Waals surface area (Å²) in [5.74, 6) is -0.559. The number of likely N-dealkylation sites (N-methyl/N-ethyl adjacent to an activating group) is 1. The van der Waals surface area contributed by atoms with Crippen molar-refractivity contribution in [1.82, 2.24) is 14.7 Å². The van der Waals surface area contributed by atoms with Crippen LogP contribution >= 0.6 is 12.4 Å². The molecule has 0 spiro atoms. The lowest BCUT2D eigenvalue weighted by Gasteiger charge is -2.36. The highest BCUT2D eigenvalue weighted by Crippen LogP contribution is 2.15. The average Bonchev–Trinajstić information content (AvgIpc) is 2.47. The van der Waals surface area contributed by atoms with E-state index in [9.17, 15) is 9.59 Å². The van der Waals surface area contributed by atoms with Gasteiger partial charge in [-0.2, -0.15) is 0 Å². The first-order valence-corrected chi connectivity index (χ1v) is 8.40. The summed E-state index contributed by atoms with van der Waals surface area (Å²) in [6.07, 6.45) is 3.85. The number of aliphatic carboxylic acids is 1. The number of carbonyl (C=O) groups is 2. The van der Waals surface area contributed by atoms with Crippen molar-refractivity contribution in [3.05, 3.63) is 0 Å². The van der Waals surface area contributed by atoms with Crippen LogP contribution in [0.25, 0.3) is 0 Å². The molecule has 0 bridgehead atoms. The molecule has 0 aromatic heterocycles. The number of halogens is 1. The van der Waals surface area contributed by atoms with Gasteiger partial charge in [0, 0.05) is 32.2 Å². The van der Waals surface area contributed by atoms with Gasteiger partial charge in [0.1, 0.15) is 0 Å². The van der Waals surface area contributed by atoms with Crippen LogP contribution in [0.1, 0.15) is 39.5 Å². The molecule has 0 unspecified atom stereocenters. The quantitative estimate of drug-likeness (QED) is 0.684. The van der Waals surface area contributed by atoms with Crippen LogP contribution in [-0.4, -0.2) is 84.0 Å². The molecule has 1 saturated heterocycles. The number of carbonyl (C=O) groups excluding carboxylic acids is 1. The lowest BCUT2D eigenvalue weighted by atomic mass is 10.0. The zero-order valence-electron chi connectivity index (χ0n) is 14.7. The highest BCUT2D eigenvalue weighted by atomic mass is 35.5. The zero-order valence-corrected chi connectivity index (χ0v) is 15.5. The largest absolute Gasteiger partial charge is 0.480 e. The van der Waals surface area contributed by atoms with E-state index in [-0.39, 0.29) is 24.9 Å². The third kappa shape index (κ3) is 7.99. The number of hydrogen-bond acceptors (Lipinski definition) is 4. The van der Waals surface area contributed by atoms with Crippen molar-refractivity contribution in [3.63, 3.8) is 0 Å². The Morgan fingerprint density at radius 2 is 1.65 bits per heavy atom. The van der Waals surface area contributed by atoms with Crippen molar-refractivity contribution in [3.8, 4) is 0 Å². The minimum atomic E-state index is -0.783. The van der Waals surface area contributed by atoms with Crippen LogP contribution in [0.4, 0.5) is 0 Å². The Hall–Kier alpha value is -0.850. The molecule has 0 atom stereocenters. The highest BCUT2D eigenvalue weighted by Gasteiger charge is 2.25. The number of hydrogen-bond donors (Lipinski definition) is 1. The number of carboxylic acids is 1. The second-order valence-electron chi connectivity index (χ2n) is 6.20. The first-order valence-electron chi connectivity index (χ1n) is 8.40. The molecular formula is C16H32ClN3O3. The third-order valence-electron chi connectivity index (χ3n) is 4.26. The maximum absolute atomic E-state index is 12.3. The first-order chi connectivity index (χ1) is 10.5. The summed E-state index contributed by atoms with van der Waals surface area (Å²) >= 11 is 0. The van der Waals surface area contributed by atoms with E-state index in [1.54, 1.807) is 0 Å². The summed E-state index contributed by atoms with van der Waals surface area (Å²) in [6.45, 7) is 8.19. The van der Waals surface area contributed by atoms with E-state index in [2.05, 4.69) is 18.7 Å². The predicted octanol–water partition coefficient (Wildman–Crippen LogP) is 1.54. The van der Waals surface area contributed by atoms with Gasteiger partial charge in [-0.05, 0) is 32.7 Å². The topological polar surface area (TPSA) is 64.1 Å². The van der Waals surface area contributed by atoms with E-state index < -0.39 is 5.97 Å². The maximum Gasteiger partial charge on any atom is 0.317 e. The number of likely N-dealkylation sites (tertiary alicyclic amines) is 1. The Morgan fingerprint density at radius 1 is 1.13 bits per heavy atom. The summed E-state index contributed by atoms with van der Waals surface area (Å²) in [5, 5.41) is 8.85. The van der Waals surface area contributed by atoms with Crippen LogP contribution in [0.5, 0.6) is 0 Å². The van der Waals surface area contributed by atoms with Gasteiger partial charge in [0.05, 0.1) is 13.1 Å².